The average Bonchev–Trinajstić information content (AvgIpc) is 2.86. The molecule has 0 aliphatic carbocycles. The van der Waals surface area contributed by atoms with Crippen LogP contribution in [0.4, 0.5) is 4.39 Å². The highest BCUT2D eigenvalue weighted by Gasteiger charge is 2.30. The van der Waals surface area contributed by atoms with Crippen molar-refractivity contribution in [2.24, 2.45) is 0 Å². The van der Waals surface area contributed by atoms with Crippen molar-refractivity contribution >= 4 is 5.91 Å². The number of amides is 1. The molecule has 1 aliphatic heterocycles. The van der Waals surface area contributed by atoms with Crippen molar-refractivity contribution in [1.29, 1.82) is 0 Å². The van der Waals surface area contributed by atoms with E-state index in [1.807, 2.05) is 23.2 Å². The molecule has 1 aromatic carbocycles. The molecule has 1 atom stereocenters. The maximum absolute atomic E-state index is 13.1. The maximum atomic E-state index is 13.1. The second-order valence-electron chi connectivity index (χ2n) is 4.79. The first kappa shape index (κ1) is 12.0. The number of benzene rings is 1. The molecular weight excluding hydrogens is 243 g/mol. The predicted octanol–water partition coefficient (Wildman–Crippen LogP) is 2.58. The molecule has 1 amide bonds. The predicted molar refractivity (Wildman–Crippen MR) is 70.1 cm³/mol. The van der Waals surface area contributed by atoms with Crippen LogP contribution in [0, 0.1) is 5.82 Å². The third-order valence-corrected chi connectivity index (χ3v) is 3.63. The van der Waals surface area contributed by atoms with Crippen LogP contribution in [0.2, 0.25) is 0 Å². The Bertz CT molecular complexity index is 603. The lowest BCUT2D eigenvalue weighted by Crippen LogP contribution is -2.41. The van der Waals surface area contributed by atoms with Crippen molar-refractivity contribution in [3.63, 3.8) is 0 Å². The van der Waals surface area contributed by atoms with Crippen LogP contribution in [0.5, 0.6) is 0 Å². The Morgan fingerprint density at radius 2 is 1.95 bits per heavy atom. The number of carbonyl (C=O) groups is 1. The van der Waals surface area contributed by atoms with Crippen LogP contribution < -0.4 is 0 Å². The Kier molecular flexibility index (Phi) is 2.85. The van der Waals surface area contributed by atoms with Crippen molar-refractivity contribution in [1.82, 2.24) is 9.47 Å². The lowest BCUT2D eigenvalue weighted by atomic mass is 10.00. The van der Waals surface area contributed by atoms with Gasteiger partial charge in [-0.05, 0) is 29.8 Å². The fourth-order valence-electron chi connectivity index (χ4n) is 2.72. The summed E-state index contributed by atoms with van der Waals surface area (Å²) in [4.78, 5) is 13.7. The molecule has 2 heterocycles. The lowest BCUT2D eigenvalue weighted by molar-refractivity contribution is -0.131. The van der Waals surface area contributed by atoms with Crippen molar-refractivity contribution in [2.75, 3.05) is 6.54 Å². The van der Waals surface area contributed by atoms with E-state index < -0.39 is 0 Å². The Labute approximate surface area is 111 Å². The zero-order chi connectivity index (χ0) is 13.4. The Morgan fingerprint density at radius 3 is 2.63 bits per heavy atom. The first-order valence-corrected chi connectivity index (χ1v) is 6.34. The summed E-state index contributed by atoms with van der Waals surface area (Å²) in [5, 5.41) is 0. The zero-order valence-corrected chi connectivity index (χ0v) is 10.7. The second kappa shape index (κ2) is 4.53. The highest BCUT2D eigenvalue weighted by Crippen LogP contribution is 2.32. The second-order valence-corrected chi connectivity index (χ2v) is 4.79. The van der Waals surface area contributed by atoms with Gasteiger partial charge in [-0.25, -0.2) is 4.39 Å². The van der Waals surface area contributed by atoms with Crippen LogP contribution >= 0.6 is 0 Å². The molecule has 0 saturated carbocycles. The number of aromatic nitrogens is 1. The number of hydrogen-bond donors (Lipinski definition) is 0. The van der Waals surface area contributed by atoms with Gasteiger partial charge in [0.25, 0.3) is 0 Å². The average molecular weight is 258 g/mol. The summed E-state index contributed by atoms with van der Waals surface area (Å²) < 4.78 is 15.2. The van der Waals surface area contributed by atoms with E-state index in [2.05, 4.69) is 4.57 Å². The summed E-state index contributed by atoms with van der Waals surface area (Å²) in [6.45, 7) is 3.06. The summed E-state index contributed by atoms with van der Waals surface area (Å²) in [6.07, 6.45) is 2.02. The van der Waals surface area contributed by atoms with E-state index in [0.717, 1.165) is 17.8 Å². The molecule has 98 valence electrons. The first-order valence-electron chi connectivity index (χ1n) is 6.34. The first-order chi connectivity index (χ1) is 9.16. The number of hydrogen-bond acceptors (Lipinski definition) is 1. The van der Waals surface area contributed by atoms with E-state index in [0.29, 0.717) is 6.54 Å². The van der Waals surface area contributed by atoms with E-state index in [1.54, 1.807) is 19.1 Å². The summed E-state index contributed by atoms with van der Waals surface area (Å²) >= 11 is 0. The van der Waals surface area contributed by atoms with Crippen LogP contribution in [0.1, 0.15) is 24.2 Å². The molecule has 0 radical (unpaired) electrons. The monoisotopic (exact) mass is 258 g/mol. The van der Waals surface area contributed by atoms with Gasteiger partial charge in [-0.3, -0.25) is 4.79 Å². The highest BCUT2D eigenvalue weighted by molar-refractivity contribution is 5.74. The summed E-state index contributed by atoms with van der Waals surface area (Å²) in [7, 11) is 0. The quantitative estimate of drug-likeness (QED) is 0.771. The SMILES string of the molecule is CC(=O)N1CCn2cccc2C1c1ccc(F)cc1. The molecule has 1 aromatic heterocycles. The van der Waals surface area contributed by atoms with Gasteiger partial charge in [0.2, 0.25) is 5.91 Å². The summed E-state index contributed by atoms with van der Waals surface area (Å²) in [6, 6.07) is 10.3. The fourth-order valence-corrected chi connectivity index (χ4v) is 2.72. The number of nitrogens with zero attached hydrogens (tertiary/aromatic N) is 2. The molecule has 0 N–H and O–H groups in total. The van der Waals surface area contributed by atoms with Crippen molar-refractivity contribution < 1.29 is 9.18 Å². The molecule has 4 heteroatoms. The van der Waals surface area contributed by atoms with Crippen molar-refractivity contribution in [3.8, 4) is 0 Å². The van der Waals surface area contributed by atoms with Gasteiger partial charge >= 0.3 is 0 Å². The Morgan fingerprint density at radius 1 is 1.21 bits per heavy atom. The van der Waals surface area contributed by atoms with Crippen LogP contribution in [0.25, 0.3) is 0 Å². The minimum absolute atomic E-state index is 0.0433. The number of halogens is 1. The van der Waals surface area contributed by atoms with E-state index in [9.17, 15) is 9.18 Å². The van der Waals surface area contributed by atoms with Crippen molar-refractivity contribution in [2.45, 2.75) is 19.5 Å². The molecule has 0 spiro atoms. The van der Waals surface area contributed by atoms with Gasteiger partial charge in [0.15, 0.2) is 0 Å². The number of carbonyl (C=O) groups excluding carboxylic acids is 1. The van der Waals surface area contributed by atoms with Gasteiger partial charge < -0.3 is 9.47 Å². The van der Waals surface area contributed by atoms with Gasteiger partial charge in [0.1, 0.15) is 5.82 Å². The third kappa shape index (κ3) is 2.03. The Hall–Kier alpha value is -2.10. The molecule has 0 saturated heterocycles. The molecule has 0 fully saturated rings. The van der Waals surface area contributed by atoms with Gasteiger partial charge in [-0.1, -0.05) is 12.1 Å². The van der Waals surface area contributed by atoms with E-state index in [-0.39, 0.29) is 17.8 Å². The standard InChI is InChI=1S/C15H15FN2O/c1-11(19)18-10-9-17-8-2-3-14(17)15(18)12-4-6-13(16)7-5-12/h2-8,15H,9-10H2,1H3. The van der Waals surface area contributed by atoms with Crippen LogP contribution in [0.3, 0.4) is 0 Å². The van der Waals surface area contributed by atoms with E-state index in [4.69, 9.17) is 0 Å². The van der Waals surface area contributed by atoms with E-state index in [1.165, 1.54) is 12.1 Å². The smallest absolute Gasteiger partial charge is 0.220 e. The van der Waals surface area contributed by atoms with E-state index >= 15 is 0 Å². The molecule has 3 nitrogen and oxygen atoms in total. The number of rotatable bonds is 1. The molecule has 1 unspecified atom stereocenters. The molecular formula is C15H15FN2O. The molecule has 19 heavy (non-hydrogen) atoms. The zero-order valence-electron chi connectivity index (χ0n) is 10.7. The van der Waals surface area contributed by atoms with Gasteiger partial charge in [0, 0.05) is 31.9 Å². The Balaban J connectivity index is 2.08. The third-order valence-electron chi connectivity index (χ3n) is 3.63. The highest BCUT2D eigenvalue weighted by atomic mass is 19.1. The van der Waals surface area contributed by atoms with Gasteiger partial charge in [-0.2, -0.15) is 0 Å². The van der Waals surface area contributed by atoms with Crippen LogP contribution in [-0.4, -0.2) is 21.9 Å². The normalized spacial score (nSPS) is 18.2. The van der Waals surface area contributed by atoms with Crippen LogP contribution in [-0.2, 0) is 11.3 Å². The lowest BCUT2D eigenvalue weighted by Gasteiger charge is -2.36. The minimum Gasteiger partial charge on any atom is -0.348 e. The fraction of sp³-hybridized carbons (Fsp3) is 0.267. The molecule has 1 aliphatic rings. The van der Waals surface area contributed by atoms with Crippen LogP contribution in [0.15, 0.2) is 42.6 Å². The maximum Gasteiger partial charge on any atom is 0.220 e. The number of fused-ring (bicyclic) bond motifs is 1. The minimum atomic E-state index is -0.260. The van der Waals surface area contributed by atoms with Gasteiger partial charge in [0.05, 0.1) is 6.04 Å². The topological polar surface area (TPSA) is 25.2 Å². The van der Waals surface area contributed by atoms with Gasteiger partial charge in [-0.15, -0.1) is 0 Å². The molecule has 0 bridgehead atoms. The van der Waals surface area contributed by atoms with Crippen molar-refractivity contribution in [3.05, 3.63) is 59.7 Å². The molecule has 3 rings (SSSR count). The molecule has 2 aromatic rings. The summed E-state index contributed by atoms with van der Waals surface area (Å²) in [5.41, 5.74) is 2.02. The largest absolute Gasteiger partial charge is 0.348 e. The summed E-state index contributed by atoms with van der Waals surface area (Å²) in [5.74, 6) is -0.217.